The molecule has 2 heterocycles. The molecule has 0 aromatic carbocycles. The maximum absolute atomic E-state index is 12.2. The molecule has 2 N–H and O–H groups in total. The van der Waals surface area contributed by atoms with Crippen LogP contribution in [-0.2, 0) is 16.0 Å². The standard InChI is InChI=1S/C15H24N6O3/c1-5-23-14(24-6-2)9-21-8-12(18-20-21)15(22)16-13-7-11(10(3)4)17-19-13/h7-8,10,14H,5-6,9H2,1-4H3,(H2,16,17,19,22). The van der Waals surface area contributed by atoms with E-state index in [1.807, 2.05) is 27.7 Å². The zero-order chi connectivity index (χ0) is 17.5. The van der Waals surface area contributed by atoms with Crippen LogP contribution in [0.1, 0.15) is 49.8 Å². The predicted octanol–water partition coefficient (Wildman–Crippen LogP) is 1.78. The van der Waals surface area contributed by atoms with Crippen LogP contribution < -0.4 is 5.32 Å². The van der Waals surface area contributed by atoms with Gasteiger partial charge in [-0.25, -0.2) is 4.68 Å². The summed E-state index contributed by atoms with van der Waals surface area (Å²) in [5.74, 6) is 0.394. The summed E-state index contributed by atoms with van der Waals surface area (Å²) in [7, 11) is 0. The number of aromatic nitrogens is 5. The maximum Gasteiger partial charge on any atom is 0.279 e. The fourth-order valence-corrected chi connectivity index (χ4v) is 2.05. The van der Waals surface area contributed by atoms with Gasteiger partial charge >= 0.3 is 0 Å². The number of nitrogens with one attached hydrogen (secondary N) is 2. The van der Waals surface area contributed by atoms with Crippen LogP contribution in [-0.4, -0.2) is 50.6 Å². The monoisotopic (exact) mass is 336 g/mol. The molecule has 0 bridgehead atoms. The summed E-state index contributed by atoms with van der Waals surface area (Å²) in [6, 6.07) is 1.80. The minimum absolute atomic E-state index is 0.204. The summed E-state index contributed by atoms with van der Waals surface area (Å²) in [5, 5.41) is 17.4. The van der Waals surface area contributed by atoms with Crippen molar-refractivity contribution in [2.45, 2.75) is 46.4 Å². The Balaban J connectivity index is 1.96. The number of amides is 1. The molecule has 0 unspecified atom stereocenters. The molecule has 0 saturated heterocycles. The van der Waals surface area contributed by atoms with Gasteiger partial charge in [-0.15, -0.1) is 5.10 Å². The first-order valence-electron chi connectivity index (χ1n) is 8.03. The third kappa shape index (κ3) is 4.87. The van der Waals surface area contributed by atoms with E-state index in [-0.39, 0.29) is 11.6 Å². The Bertz CT molecular complexity index is 645. The molecule has 24 heavy (non-hydrogen) atoms. The summed E-state index contributed by atoms with van der Waals surface area (Å²) < 4.78 is 12.4. The van der Waals surface area contributed by atoms with Crippen molar-refractivity contribution in [3.8, 4) is 0 Å². The van der Waals surface area contributed by atoms with Crippen molar-refractivity contribution >= 4 is 11.7 Å². The molecule has 0 aliphatic heterocycles. The van der Waals surface area contributed by atoms with E-state index in [9.17, 15) is 4.79 Å². The molecular weight excluding hydrogens is 312 g/mol. The fourth-order valence-electron chi connectivity index (χ4n) is 2.05. The van der Waals surface area contributed by atoms with E-state index >= 15 is 0 Å². The van der Waals surface area contributed by atoms with E-state index in [0.717, 1.165) is 5.69 Å². The highest BCUT2D eigenvalue weighted by Gasteiger charge is 2.16. The fraction of sp³-hybridized carbons (Fsp3) is 0.600. The normalized spacial score (nSPS) is 11.4. The Morgan fingerprint density at radius 2 is 2.04 bits per heavy atom. The molecule has 0 fully saturated rings. The molecule has 2 aromatic rings. The Kier molecular flexibility index (Phi) is 6.44. The minimum atomic E-state index is -0.419. The number of rotatable bonds is 9. The molecule has 2 rings (SSSR count). The Morgan fingerprint density at radius 1 is 1.33 bits per heavy atom. The number of carbonyl (C=O) groups excluding carboxylic acids is 1. The number of anilines is 1. The van der Waals surface area contributed by atoms with Gasteiger partial charge in [0.25, 0.3) is 5.91 Å². The van der Waals surface area contributed by atoms with E-state index < -0.39 is 6.29 Å². The second-order valence-corrected chi connectivity index (χ2v) is 5.48. The molecule has 2 aromatic heterocycles. The zero-order valence-corrected chi connectivity index (χ0v) is 14.4. The Labute approximate surface area is 140 Å². The highest BCUT2D eigenvalue weighted by Crippen LogP contribution is 2.15. The van der Waals surface area contributed by atoms with Gasteiger partial charge in [0.2, 0.25) is 0 Å². The van der Waals surface area contributed by atoms with Crippen LogP contribution >= 0.6 is 0 Å². The van der Waals surface area contributed by atoms with Gasteiger partial charge in [0.05, 0.1) is 12.7 Å². The number of aromatic amines is 1. The number of ether oxygens (including phenoxy) is 2. The van der Waals surface area contributed by atoms with E-state index in [4.69, 9.17) is 9.47 Å². The maximum atomic E-state index is 12.2. The topological polar surface area (TPSA) is 107 Å². The molecule has 9 nitrogen and oxygen atoms in total. The molecule has 0 aliphatic rings. The lowest BCUT2D eigenvalue weighted by molar-refractivity contribution is -0.145. The second kappa shape index (κ2) is 8.55. The van der Waals surface area contributed by atoms with Crippen LogP contribution in [0.5, 0.6) is 0 Å². The number of nitrogens with zero attached hydrogens (tertiary/aromatic N) is 4. The van der Waals surface area contributed by atoms with Crippen molar-refractivity contribution in [2.75, 3.05) is 18.5 Å². The van der Waals surface area contributed by atoms with Crippen molar-refractivity contribution in [1.82, 2.24) is 25.2 Å². The Hall–Kier alpha value is -2.26. The lowest BCUT2D eigenvalue weighted by atomic mass is 10.1. The lowest BCUT2D eigenvalue weighted by Crippen LogP contribution is -2.24. The van der Waals surface area contributed by atoms with Gasteiger partial charge in [-0.1, -0.05) is 19.1 Å². The highest BCUT2D eigenvalue weighted by atomic mass is 16.7. The van der Waals surface area contributed by atoms with Crippen molar-refractivity contribution < 1.29 is 14.3 Å². The van der Waals surface area contributed by atoms with Gasteiger partial charge in [-0.05, 0) is 19.8 Å². The third-order valence-corrected chi connectivity index (χ3v) is 3.27. The van der Waals surface area contributed by atoms with Crippen molar-refractivity contribution in [3.63, 3.8) is 0 Å². The van der Waals surface area contributed by atoms with Gasteiger partial charge in [-0.3, -0.25) is 9.89 Å². The van der Waals surface area contributed by atoms with Gasteiger partial charge in [-0.2, -0.15) is 5.10 Å². The molecule has 0 radical (unpaired) electrons. The molecule has 132 valence electrons. The molecule has 0 spiro atoms. The summed E-state index contributed by atoms with van der Waals surface area (Å²) in [4.78, 5) is 12.2. The van der Waals surface area contributed by atoms with Crippen LogP contribution in [0.4, 0.5) is 5.82 Å². The molecule has 9 heteroatoms. The highest BCUT2D eigenvalue weighted by molar-refractivity contribution is 6.02. The lowest BCUT2D eigenvalue weighted by Gasteiger charge is -2.16. The first-order chi connectivity index (χ1) is 11.5. The summed E-state index contributed by atoms with van der Waals surface area (Å²) >= 11 is 0. The minimum Gasteiger partial charge on any atom is -0.351 e. The smallest absolute Gasteiger partial charge is 0.279 e. The summed E-state index contributed by atoms with van der Waals surface area (Å²) in [6.07, 6.45) is 1.13. The molecule has 0 saturated carbocycles. The zero-order valence-electron chi connectivity index (χ0n) is 14.4. The third-order valence-electron chi connectivity index (χ3n) is 3.27. The van der Waals surface area contributed by atoms with Crippen LogP contribution in [0.3, 0.4) is 0 Å². The molecule has 0 aliphatic carbocycles. The average molecular weight is 336 g/mol. The van der Waals surface area contributed by atoms with Crippen molar-refractivity contribution in [1.29, 1.82) is 0 Å². The van der Waals surface area contributed by atoms with Crippen LogP contribution in [0, 0.1) is 0 Å². The average Bonchev–Trinajstić information content (AvgIpc) is 3.17. The molecule has 0 atom stereocenters. The Morgan fingerprint density at radius 3 is 2.62 bits per heavy atom. The quantitative estimate of drug-likeness (QED) is 0.676. The second-order valence-electron chi connectivity index (χ2n) is 5.48. The van der Waals surface area contributed by atoms with Crippen LogP contribution in [0.2, 0.25) is 0 Å². The van der Waals surface area contributed by atoms with Crippen LogP contribution in [0.15, 0.2) is 12.3 Å². The van der Waals surface area contributed by atoms with E-state index in [2.05, 4.69) is 25.8 Å². The van der Waals surface area contributed by atoms with Gasteiger partial charge < -0.3 is 14.8 Å². The number of hydrogen-bond acceptors (Lipinski definition) is 6. The SMILES string of the molecule is CCOC(Cn1cc(C(=O)Nc2cc(C(C)C)[nH]n2)nn1)OCC. The molecule has 1 amide bonds. The van der Waals surface area contributed by atoms with E-state index in [1.54, 1.807) is 12.3 Å². The number of hydrogen-bond donors (Lipinski definition) is 2. The van der Waals surface area contributed by atoms with Gasteiger partial charge in [0.15, 0.2) is 17.8 Å². The van der Waals surface area contributed by atoms with Crippen LogP contribution in [0.25, 0.3) is 0 Å². The first-order valence-corrected chi connectivity index (χ1v) is 8.03. The van der Waals surface area contributed by atoms with E-state index in [0.29, 0.717) is 31.5 Å². The number of carbonyl (C=O) groups is 1. The van der Waals surface area contributed by atoms with Gasteiger partial charge in [0, 0.05) is 25.0 Å². The predicted molar refractivity (Wildman–Crippen MR) is 87.7 cm³/mol. The van der Waals surface area contributed by atoms with Crippen molar-refractivity contribution in [2.24, 2.45) is 0 Å². The largest absolute Gasteiger partial charge is 0.351 e. The van der Waals surface area contributed by atoms with Gasteiger partial charge in [0.1, 0.15) is 0 Å². The van der Waals surface area contributed by atoms with Crippen molar-refractivity contribution in [3.05, 3.63) is 23.7 Å². The first kappa shape index (κ1) is 18.1. The summed E-state index contributed by atoms with van der Waals surface area (Å²) in [6.45, 7) is 9.29. The number of H-pyrrole nitrogens is 1. The molecular formula is C15H24N6O3. The van der Waals surface area contributed by atoms with E-state index in [1.165, 1.54) is 4.68 Å². The summed E-state index contributed by atoms with van der Waals surface area (Å²) in [5.41, 5.74) is 1.15.